The minimum atomic E-state index is -0.278. The van der Waals surface area contributed by atoms with Gasteiger partial charge in [-0.15, -0.1) is 0 Å². The summed E-state index contributed by atoms with van der Waals surface area (Å²) in [5.41, 5.74) is 2.65. The minimum absolute atomic E-state index is 0.129. The summed E-state index contributed by atoms with van der Waals surface area (Å²) >= 11 is 0. The maximum Gasteiger partial charge on any atom is 0.226 e. The topological polar surface area (TPSA) is 51.1 Å². The lowest BCUT2D eigenvalue weighted by Gasteiger charge is -2.25. The van der Waals surface area contributed by atoms with Crippen molar-refractivity contribution in [3.8, 4) is 5.75 Å². The van der Waals surface area contributed by atoms with Gasteiger partial charge in [-0.05, 0) is 48.2 Å². The fourth-order valence-electron chi connectivity index (χ4n) is 3.40. The fraction of sp³-hybridized carbons (Fsp3) is 0.364. The van der Waals surface area contributed by atoms with E-state index < -0.39 is 0 Å². The molecule has 2 aliphatic rings. The Kier molecular flexibility index (Phi) is 5.28. The minimum Gasteiger partial charge on any atom is -0.497 e. The van der Waals surface area contributed by atoms with Crippen molar-refractivity contribution in [3.05, 3.63) is 65.5 Å². The van der Waals surface area contributed by atoms with Crippen LogP contribution in [0.3, 0.4) is 0 Å². The summed E-state index contributed by atoms with van der Waals surface area (Å²) in [4.78, 5) is 20.3. The zero-order chi connectivity index (χ0) is 19.5. The summed E-state index contributed by atoms with van der Waals surface area (Å²) in [6.45, 7) is 0.985. The SMILES string of the molecule is COc1cccc(CN(C[C@@H]2CC(c3ccc(F)cc3)=NO2)C(=O)C2CC2)c1. The molecule has 4 rings (SSSR count). The lowest BCUT2D eigenvalue weighted by atomic mass is 10.0. The summed E-state index contributed by atoms with van der Waals surface area (Å²) in [5, 5.41) is 4.16. The maximum absolute atomic E-state index is 13.1. The fourth-order valence-corrected chi connectivity index (χ4v) is 3.40. The third-order valence-corrected chi connectivity index (χ3v) is 5.08. The van der Waals surface area contributed by atoms with E-state index in [1.54, 1.807) is 19.2 Å². The van der Waals surface area contributed by atoms with Gasteiger partial charge in [0.2, 0.25) is 5.91 Å². The van der Waals surface area contributed by atoms with Gasteiger partial charge in [0.05, 0.1) is 19.4 Å². The van der Waals surface area contributed by atoms with Crippen LogP contribution in [0.15, 0.2) is 53.7 Å². The molecule has 2 aromatic rings. The van der Waals surface area contributed by atoms with Gasteiger partial charge in [-0.1, -0.05) is 29.4 Å². The third kappa shape index (κ3) is 4.32. The number of nitrogens with zero attached hydrogens (tertiary/aromatic N) is 2. The number of hydrogen-bond acceptors (Lipinski definition) is 4. The van der Waals surface area contributed by atoms with Crippen molar-refractivity contribution in [2.45, 2.75) is 31.9 Å². The van der Waals surface area contributed by atoms with Crippen LogP contribution in [0.1, 0.15) is 30.4 Å². The number of hydrogen-bond donors (Lipinski definition) is 0. The van der Waals surface area contributed by atoms with Crippen LogP contribution in [0.25, 0.3) is 0 Å². The quantitative estimate of drug-likeness (QED) is 0.733. The zero-order valence-corrected chi connectivity index (χ0v) is 15.8. The number of oxime groups is 1. The van der Waals surface area contributed by atoms with E-state index in [2.05, 4.69) is 5.16 Å². The first-order valence-electron chi connectivity index (χ1n) is 9.52. The predicted molar refractivity (Wildman–Crippen MR) is 104 cm³/mol. The summed E-state index contributed by atoms with van der Waals surface area (Å²) < 4.78 is 18.4. The van der Waals surface area contributed by atoms with Gasteiger partial charge in [-0.3, -0.25) is 4.79 Å². The number of halogens is 1. The highest BCUT2D eigenvalue weighted by Gasteiger charge is 2.35. The number of carbonyl (C=O) groups excluding carboxylic acids is 1. The smallest absolute Gasteiger partial charge is 0.226 e. The first kappa shape index (κ1) is 18.5. The van der Waals surface area contributed by atoms with Crippen molar-refractivity contribution in [1.82, 2.24) is 4.90 Å². The van der Waals surface area contributed by atoms with Gasteiger partial charge in [-0.2, -0.15) is 0 Å². The van der Waals surface area contributed by atoms with Crippen molar-refractivity contribution < 1.29 is 18.8 Å². The van der Waals surface area contributed by atoms with Gasteiger partial charge in [0.25, 0.3) is 0 Å². The molecule has 0 radical (unpaired) electrons. The van der Waals surface area contributed by atoms with Crippen LogP contribution >= 0.6 is 0 Å². The van der Waals surface area contributed by atoms with Gasteiger partial charge in [0.1, 0.15) is 11.6 Å². The molecular formula is C22H23FN2O3. The Morgan fingerprint density at radius 1 is 1.25 bits per heavy atom. The highest BCUT2D eigenvalue weighted by molar-refractivity contribution is 6.01. The van der Waals surface area contributed by atoms with Gasteiger partial charge in [0.15, 0.2) is 6.10 Å². The number of benzene rings is 2. The molecule has 0 bridgehead atoms. The van der Waals surface area contributed by atoms with E-state index in [0.717, 1.165) is 35.4 Å². The van der Waals surface area contributed by atoms with Gasteiger partial charge >= 0.3 is 0 Å². The van der Waals surface area contributed by atoms with Gasteiger partial charge in [-0.25, -0.2) is 4.39 Å². The standard InChI is InChI=1S/C22H23FN2O3/c1-27-19-4-2-3-15(11-19)13-25(22(26)17-5-6-17)14-20-12-21(24-28-20)16-7-9-18(23)10-8-16/h2-4,7-11,17,20H,5-6,12-14H2,1H3/t20-/m0/s1. The lowest BCUT2D eigenvalue weighted by Crippen LogP contribution is -2.38. The molecule has 0 unspecified atom stereocenters. The van der Waals surface area contributed by atoms with Crippen molar-refractivity contribution >= 4 is 11.6 Å². The Bertz CT molecular complexity index is 878. The van der Waals surface area contributed by atoms with E-state index in [-0.39, 0.29) is 23.7 Å². The monoisotopic (exact) mass is 382 g/mol. The first-order chi connectivity index (χ1) is 13.6. The van der Waals surface area contributed by atoms with Crippen LogP contribution in [0.2, 0.25) is 0 Å². The molecule has 1 fully saturated rings. The molecule has 28 heavy (non-hydrogen) atoms. The molecule has 0 aromatic heterocycles. The number of carbonyl (C=O) groups is 1. The van der Waals surface area contributed by atoms with Crippen molar-refractivity contribution in [1.29, 1.82) is 0 Å². The van der Waals surface area contributed by atoms with Crippen LogP contribution in [-0.2, 0) is 16.2 Å². The summed E-state index contributed by atoms with van der Waals surface area (Å²) in [6, 6.07) is 14.0. The molecule has 0 N–H and O–H groups in total. The molecular weight excluding hydrogens is 359 g/mol. The first-order valence-corrected chi connectivity index (χ1v) is 9.52. The molecule has 5 nitrogen and oxygen atoms in total. The predicted octanol–water partition coefficient (Wildman–Crippen LogP) is 3.77. The van der Waals surface area contributed by atoms with Crippen molar-refractivity contribution in [2.24, 2.45) is 11.1 Å². The van der Waals surface area contributed by atoms with E-state index in [4.69, 9.17) is 9.57 Å². The zero-order valence-electron chi connectivity index (χ0n) is 15.8. The van der Waals surface area contributed by atoms with E-state index in [1.807, 2.05) is 29.2 Å². The Labute approximate surface area is 163 Å². The number of amides is 1. The third-order valence-electron chi connectivity index (χ3n) is 5.08. The Morgan fingerprint density at radius 2 is 2.04 bits per heavy atom. The highest BCUT2D eigenvalue weighted by atomic mass is 19.1. The van der Waals surface area contributed by atoms with Gasteiger partial charge in [0, 0.05) is 18.9 Å². The second-order valence-corrected chi connectivity index (χ2v) is 7.32. The second-order valence-electron chi connectivity index (χ2n) is 7.32. The van der Waals surface area contributed by atoms with E-state index in [0.29, 0.717) is 19.5 Å². The molecule has 6 heteroatoms. The molecule has 1 amide bonds. The number of methoxy groups -OCH3 is 1. The van der Waals surface area contributed by atoms with E-state index in [9.17, 15) is 9.18 Å². The molecule has 146 valence electrons. The maximum atomic E-state index is 13.1. The van der Waals surface area contributed by atoms with E-state index in [1.165, 1.54) is 12.1 Å². The normalized spacial score (nSPS) is 18.4. The Hall–Kier alpha value is -2.89. The lowest BCUT2D eigenvalue weighted by molar-refractivity contribution is -0.135. The van der Waals surface area contributed by atoms with Crippen molar-refractivity contribution in [2.75, 3.05) is 13.7 Å². The Balaban J connectivity index is 1.43. The van der Waals surface area contributed by atoms with Crippen LogP contribution in [-0.4, -0.2) is 36.3 Å². The van der Waals surface area contributed by atoms with Crippen LogP contribution in [0.5, 0.6) is 5.75 Å². The van der Waals surface area contributed by atoms with Crippen molar-refractivity contribution in [3.63, 3.8) is 0 Å². The van der Waals surface area contributed by atoms with E-state index >= 15 is 0 Å². The summed E-state index contributed by atoms with van der Waals surface area (Å²) in [5.74, 6) is 0.792. The average Bonchev–Trinajstić information content (AvgIpc) is 3.47. The molecule has 1 atom stereocenters. The molecule has 2 aromatic carbocycles. The molecule has 0 saturated heterocycles. The van der Waals surface area contributed by atoms with Gasteiger partial charge < -0.3 is 14.5 Å². The molecule has 1 aliphatic heterocycles. The average molecular weight is 382 g/mol. The molecule has 0 spiro atoms. The van der Waals surface area contributed by atoms with Crippen LogP contribution in [0.4, 0.5) is 4.39 Å². The summed E-state index contributed by atoms with van der Waals surface area (Å²) in [6.07, 6.45) is 2.30. The Morgan fingerprint density at radius 3 is 2.75 bits per heavy atom. The second kappa shape index (κ2) is 8.00. The molecule has 1 aliphatic carbocycles. The number of rotatable bonds is 7. The molecule has 1 saturated carbocycles. The highest BCUT2D eigenvalue weighted by Crippen LogP contribution is 2.32. The largest absolute Gasteiger partial charge is 0.497 e. The number of ether oxygens (including phenoxy) is 1. The molecule has 1 heterocycles. The van der Waals surface area contributed by atoms with Crippen LogP contribution in [0, 0.1) is 11.7 Å². The van der Waals surface area contributed by atoms with Crippen LogP contribution < -0.4 is 4.74 Å². The summed E-state index contributed by atoms with van der Waals surface area (Å²) in [7, 11) is 1.63.